The van der Waals surface area contributed by atoms with Crippen LogP contribution in [-0.2, 0) is 13.0 Å². The van der Waals surface area contributed by atoms with Crippen molar-refractivity contribution in [3.8, 4) is 11.3 Å². The number of hydrogen-bond donors (Lipinski definition) is 2. The van der Waals surface area contributed by atoms with Gasteiger partial charge in [0.2, 0.25) is 0 Å². The van der Waals surface area contributed by atoms with Crippen LogP contribution in [0.5, 0.6) is 0 Å². The van der Waals surface area contributed by atoms with E-state index in [1.807, 2.05) is 43.7 Å². The van der Waals surface area contributed by atoms with Gasteiger partial charge in [0, 0.05) is 32.5 Å². The van der Waals surface area contributed by atoms with Gasteiger partial charge in [0.05, 0.1) is 18.4 Å². The van der Waals surface area contributed by atoms with Crippen molar-refractivity contribution in [1.82, 2.24) is 25.2 Å². The molecule has 0 unspecified atom stereocenters. The number of pyridine rings is 1. The Labute approximate surface area is 183 Å². The zero-order valence-corrected chi connectivity index (χ0v) is 18.6. The Kier molecular flexibility index (Phi) is 8.93. The Balaban J connectivity index is 0.00000280. The van der Waals surface area contributed by atoms with Crippen molar-refractivity contribution in [1.29, 1.82) is 0 Å². The van der Waals surface area contributed by atoms with E-state index in [0.717, 1.165) is 36.0 Å². The summed E-state index contributed by atoms with van der Waals surface area (Å²) >= 11 is 0. The standard InChI is InChI=1S/C21H26N6.HI/c1-3-23-21(24-13-11-17-8-7-12-22-14-17)27(2)16-20-25-15-19(26-20)18-9-5-4-6-10-18;/h4-10,12,14-15H,3,11,13,16H2,1-2H3,(H,23,24)(H,25,26);1H. The number of imidazole rings is 1. The molecule has 0 aliphatic rings. The molecule has 7 heteroatoms. The van der Waals surface area contributed by atoms with E-state index in [-0.39, 0.29) is 24.0 Å². The maximum Gasteiger partial charge on any atom is 0.194 e. The third-order valence-corrected chi connectivity index (χ3v) is 4.18. The lowest BCUT2D eigenvalue weighted by Crippen LogP contribution is -2.38. The van der Waals surface area contributed by atoms with E-state index in [4.69, 9.17) is 4.99 Å². The van der Waals surface area contributed by atoms with E-state index < -0.39 is 0 Å². The minimum Gasteiger partial charge on any atom is -0.357 e. The van der Waals surface area contributed by atoms with Gasteiger partial charge in [0.1, 0.15) is 5.82 Å². The van der Waals surface area contributed by atoms with Gasteiger partial charge in [-0.2, -0.15) is 0 Å². The van der Waals surface area contributed by atoms with Gasteiger partial charge in [0.25, 0.3) is 0 Å². The van der Waals surface area contributed by atoms with Crippen LogP contribution in [0.1, 0.15) is 18.3 Å². The van der Waals surface area contributed by atoms with Crippen molar-refractivity contribution in [3.63, 3.8) is 0 Å². The van der Waals surface area contributed by atoms with E-state index in [2.05, 4.69) is 50.3 Å². The third-order valence-electron chi connectivity index (χ3n) is 4.18. The predicted molar refractivity (Wildman–Crippen MR) is 125 cm³/mol. The highest BCUT2D eigenvalue weighted by Crippen LogP contribution is 2.16. The SMILES string of the molecule is CCNC(=NCCc1cccnc1)N(C)Cc1ncc(-c2ccccc2)[nH]1.I. The molecular weight excluding hydrogens is 463 g/mol. The molecule has 3 aromatic rings. The van der Waals surface area contributed by atoms with E-state index in [0.29, 0.717) is 13.1 Å². The Morgan fingerprint density at radius 1 is 1.14 bits per heavy atom. The van der Waals surface area contributed by atoms with E-state index in [9.17, 15) is 0 Å². The number of guanidine groups is 1. The zero-order valence-electron chi connectivity index (χ0n) is 16.3. The van der Waals surface area contributed by atoms with Gasteiger partial charge in [-0.1, -0.05) is 36.4 Å². The predicted octanol–water partition coefficient (Wildman–Crippen LogP) is 3.73. The van der Waals surface area contributed by atoms with E-state index in [1.54, 1.807) is 6.20 Å². The van der Waals surface area contributed by atoms with Gasteiger partial charge in [0.15, 0.2) is 5.96 Å². The maximum absolute atomic E-state index is 4.73. The average molecular weight is 490 g/mol. The lowest BCUT2D eigenvalue weighted by Gasteiger charge is -2.21. The molecule has 1 aromatic carbocycles. The Bertz CT molecular complexity index is 848. The van der Waals surface area contributed by atoms with Crippen molar-refractivity contribution >= 4 is 29.9 Å². The molecule has 148 valence electrons. The molecule has 0 aliphatic heterocycles. The number of nitrogens with zero attached hydrogens (tertiary/aromatic N) is 4. The normalized spacial score (nSPS) is 11.0. The quantitative estimate of drug-likeness (QED) is 0.301. The molecule has 0 fully saturated rings. The number of nitrogens with one attached hydrogen (secondary N) is 2. The van der Waals surface area contributed by atoms with E-state index in [1.165, 1.54) is 5.56 Å². The number of aliphatic imine (C=N–C) groups is 1. The van der Waals surface area contributed by atoms with Gasteiger partial charge < -0.3 is 15.2 Å². The molecule has 3 rings (SSSR count). The van der Waals surface area contributed by atoms with Crippen LogP contribution >= 0.6 is 24.0 Å². The van der Waals surface area contributed by atoms with E-state index >= 15 is 0 Å². The fourth-order valence-corrected chi connectivity index (χ4v) is 2.81. The molecule has 0 saturated carbocycles. The van der Waals surface area contributed by atoms with Crippen molar-refractivity contribution in [2.24, 2.45) is 4.99 Å². The van der Waals surface area contributed by atoms with Crippen LogP contribution in [0.25, 0.3) is 11.3 Å². The highest BCUT2D eigenvalue weighted by Gasteiger charge is 2.09. The zero-order chi connectivity index (χ0) is 18.9. The first-order valence-electron chi connectivity index (χ1n) is 9.24. The molecule has 28 heavy (non-hydrogen) atoms. The molecule has 0 bridgehead atoms. The van der Waals surface area contributed by atoms with Crippen molar-refractivity contribution < 1.29 is 0 Å². The number of rotatable bonds is 7. The van der Waals surface area contributed by atoms with Gasteiger partial charge >= 0.3 is 0 Å². The van der Waals surface area contributed by atoms with Crippen LogP contribution in [0, 0.1) is 0 Å². The second-order valence-electron chi connectivity index (χ2n) is 6.31. The summed E-state index contributed by atoms with van der Waals surface area (Å²) in [5, 5.41) is 3.35. The summed E-state index contributed by atoms with van der Waals surface area (Å²) in [5.41, 5.74) is 3.35. The van der Waals surface area contributed by atoms with Crippen LogP contribution < -0.4 is 5.32 Å². The van der Waals surface area contributed by atoms with Gasteiger partial charge in [-0.15, -0.1) is 24.0 Å². The van der Waals surface area contributed by atoms with Crippen LogP contribution in [0.15, 0.2) is 66.0 Å². The van der Waals surface area contributed by atoms with Crippen LogP contribution in [0.4, 0.5) is 0 Å². The highest BCUT2D eigenvalue weighted by atomic mass is 127. The first-order chi connectivity index (χ1) is 13.3. The number of benzene rings is 1. The molecule has 0 atom stereocenters. The summed E-state index contributed by atoms with van der Waals surface area (Å²) in [6.07, 6.45) is 6.43. The molecule has 2 heterocycles. The second kappa shape index (κ2) is 11.4. The van der Waals surface area contributed by atoms with Crippen LogP contribution in [-0.4, -0.2) is 45.9 Å². The fourth-order valence-electron chi connectivity index (χ4n) is 2.81. The highest BCUT2D eigenvalue weighted by molar-refractivity contribution is 14.0. The number of H-pyrrole nitrogens is 1. The lowest BCUT2D eigenvalue weighted by atomic mass is 10.2. The summed E-state index contributed by atoms with van der Waals surface area (Å²) in [6, 6.07) is 14.3. The van der Waals surface area contributed by atoms with Gasteiger partial charge in [-0.05, 0) is 30.5 Å². The molecule has 0 saturated heterocycles. The minimum absolute atomic E-state index is 0. The minimum atomic E-state index is 0. The molecule has 2 aromatic heterocycles. The Hall–Kier alpha value is -2.42. The summed E-state index contributed by atoms with van der Waals surface area (Å²) in [4.78, 5) is 18.9. The van der Waals surface area contributed by atoms with Gasteiger partial charge in [-0.25, -0.2) is 4.98 Å². The largest absolute Gasteiger partial charge is 0.357 e. The number of halogens is 1. The summed E-state index contributed by atoms with van der Waals surface area (Å²) in [5.74, 6) is 1.79. The number of aromatic nitrogens is 3. The Morgan fingerprint density at radius 2 is 1.96 bits per heavy atom. The maximum atomic E-state index is 4.73. The summed E-state index contributed by atoms with van der Waals surface area (Å²) < 4.78 is 0. The molecule has 0 aliphatic carbocycles. The lowest BCUT2D eigenvalue weighted by molar-refractivity contribution is 0.464. The van der Waals surface area contributed by atoms with Crippen molar-refractivity contribution in [2.75, 3.05) is 20.1 Å². The third kappa shape index (κ3) is 6.33. The van der Waals surface area contributed by atoms with Crippen molar-refractivity contribution in [2.45, 2.75) is 19.9 Å². The molecule has 6 nitrogen and oxygen atoms in total. The Morgan fingerprint density at radius 3 is 2.68 bits per heavy atom. The van der Waals surface area contributed by atoms with Crippen LogP contribution in [0.3, 0.4) is 0 Å². The molecule has 0 spiro atoms. The molecular formula is C21H27IN6. The average Bonchev–Trinajstić information content (AvgIpc) is 3.17. The molecule has 2 N–H and O–H groups in total. The first kappa shape index (κ1) is 21.9. The number of aromatic amines is 1. The first-order valence-corrected chi connectivity index (χ1v) is 9.24. The monoisotopic (exact) mass is 490 g/mol. The number of hydrogen-bond acceptors (Lipinski definition) is 3. The summed E-state index contributed by atoms with van der Waals surface area (Å²) in [6.45, 7) is 4.27. The van der Waals surface area contributed by atoms with Gasteiger partial charge in [-0.3, -0.25) is 9.98 Å². The molecule has 0 amide bonds. The molecule has 0 radical (unpaired) electrons. The smallest absolute Gasteiger partial charge is 0.194 e. The van der Waals surface area contributed by atoms with Crippen molar-refractivity contribution in [3.05, 3.63) is 72.4 Å². The van der Waals surface area contributed by atoms with Crippen LogP contribution in [0.2, 0.25) is 0 Å². The summed E-state index contributed by atoms with van der Waals surface area (Å²) in [7, 11) is 2.02. The topological polar surface area (TPSA) is 69.2 Å². The second-order valence-corrected chi connectivity index (χ2v) is 6.31. The fraction of sp³-hybridized carbons (Fsp3) is 0.286.